The van der Waals surface area contributed by atoms with Crippen LogP contribution in [-0.2, 0) is 11.3 Å². The number of benzene rings is 2. The minimum absolute atomic E-state index is 0.0537. The number of amidine groups is 1. The van der Waals surface area contributed by atoms with Crippen molar-refractivity contribution in [1.82, 2.24) is 4.90 Å². The molecule has 174 valence electrons. The fourth-order valence-electron chi connectivity index (χ4n) is 3.23. The van der Waals surface area contributed by atoms with E-state index in [1.54, 1.807) is 43.7 Å². The number of nitrogens with zero attached hydrogens (tertiary/aromatic N) is 3. The second-order valence-electron chi connectivity index (χ2n) is 7.11. The van der Waals surface area contributed by atoms with Crippen LogP contribution in [0.3, 0.4) is 0 Å². The van der Waals surface area contributed by atoms with Gasteiger partial charge in [0.1, 0.15) is 11.5 Å². The lowest BCUT2D eigenvalue weighted by Gasteiger charge is -2.12. The number of rotatable bonds is 8. The fourth-order valence-corrected chi connectivity index (χ4v) is 4.16. The number of hydrogen-bond acceptors (Lipinski definition) is 8. The molecule has 1 fully saturated rings. The van der Waals surface area contributed by atoms with Gasteiger partial charge in [-0.2, -0.15) is 5.10 Å². The molecule has 1 aromatic heterocycles. The Labute approximate surface area is 201 Å². The number of methoxy groups -OCH3 is 1. The van der Waals surface area contributed by atoms with E-state index in [1.165, 1.54) is 28.9 Å². The van der Waals surface area contributed by atoms with Gasteiger partial charge in [-0.05, 0) is 66.7 Å². The van der Waals surface area contributed by atoms with Crippen molar-refractivity contribution in [3.8, 4) is 17.2 Å². The van der Waals surface area contributed by atoms with Crippen LogP contribution in [0.15, 0.2) is 80.4 Å². The summed E-state index contributed by atoms with van der Waals surface area (Å²) in [5.74, 6) is 1.51. The van der Waals surface area contributed by atoms with E-state index in [9.17, 15) is 9.90 Å². The molecule has 0 atom stereocenters. The molecule has 0 bridgehead atoms. The summed E-state index contributed by atoms with van der Waals surface area (Å²) in [6.07, 6.45) is 4.87. The predicted octanol–water partition coefficient (Wildman–Crippen LogP) is 4.90. The number of thioether (sulfide) groups is 1. The number of amides is 1. The van der Waals surface area contributed by atoms with Gasteiger partial charge in [0.15, 0.2) is 16.7 Å². The van der Waals surface area contributed by atoms with Gasteiger partial charge in [0, 0.05) is 5.56 Å². The summed E-state index contributed by atoms with van der Waals surface area (Å²) in [5, 5.41) is 18.8. The van der Waals surface area contributed by atoms with Crippen LogP contribution in [0, 0.1) is 0 Å². The van der Waals surface area contributed by atoms with Crippen LogP contribution in [0.25, 0.3) is 6.08 Å². The van der Waals surface area contributed by atoms with Gasteiger partial charge >= 0.3 is 0 Å². The molecule has 2 aromatic carbocycles. The largest absolute Gasteiger partial charge is 0.504 e. The molecule has 0 spiro atoms. The van der Waals surface area contributed by atoms with Crippen molar-refractivity contribution in [3.63, 3.8) is 0 Å². The number of furan rings is 1. The Morgan fingerprint density at radius 1 is 1.15 bits per heavy atom. The molecule has 0 saturated carbocycles. The van der Waals surface area contributed by atoms with E-state index < -0.39 is 0 Å². The quantitative estimate of drug-likeness (QED) is 0.282. The van der Waals surface area contributed by atoms with Gasteiger partial charge in [-0.1, -0.05) is 18.2 Å². The highest BCUT2D eigenvalue weighted by molar-refractivity contribution is 8.18. The number of carbonyl (C=O) groups excluding carboxylic acids is 1. The van der Waals surface area contributed by atoms with Crippen LogP contribution in [0.2, 0.25) is 0 Å². The van der Waals surface area contributed by atoms with E-state index in [2.05, 4.69) is 10.2 Å². The molecule has 3 aromatic rings. The van der Waals surface area contributed by atoms with Crippen molar-refractivity contribution in [3.05, 3.63) is 82.7 Å². The van der Waals surface area contributed by atoms with Gasteiger partial charge in [0.05, 0.1) is 37.6 Å². The smallest absolute Gasteiger partial charge is 0.267 e. The second kappa shape index (κ2) is 10.8. The monoisotopic (exact) mass is 477 g/mol. The number of phenolic OH excluding ortho intramolecular Hbond substituents is 1. The molecular weight excluding hydrogens is 454 g/mol. The average molecular weight is 478 g/mol. The number of para-hydroxylation sites is 1. The molecule has 1 saturated heterocycles. The Bertz CT molecular complexity index is 1250. The first-order valence-electron chi connectivity index (χ1n) is 10.5. The summed E-state index contributed by atoms with van der Waals surface area (Å²) in [4.78, 5) is 15.2. The van der Waals surface area contributed by atoms with Crippen LogP contribution in [0.5, 0.6) is 17.2 Å². The van der Waals surface area contributed by atoms with Crippen molar-refractivity contribution >= 4 is 35.1 Å². The number of ether oxygens (including phenoxy) is 2. The van der Waals surface area contributed by atoms with E-state index in [1.807, 2.05) is 31.2 Å². The van der Waals surface area contributed by atoms with Crippen LogP contribution >= 0.6 is 11.8 Å². The van der Waals surface area contributed by atoms with Crippen molar-refractivity contribution in [2.45, 2.75) is 13.5 Å². The lowest BCUT2D eigenvalue weighted by Crippen LogP contribution is -2.28. The van der Waals surface area contributed by atoms with E-state index in [4.69, 9.17) is 13.9 Å². The van der Waals surface area contributed by atoms with E-state index >= 15 is 0 Å². The number of hydrogen-bond donors (Lipinski definition) is 1. The predicted molar refractivity (Wildman–Crippen MR) is 132 cm³/mol. The second-order valence-corrected chi connectivity index (χ2v) is 8.12. The summed E-state index contributed by atoms with van der Waals surface area (Å²) in [6.45, 7) is 2.49. The summed E-state index contributed by atoms with van der Waals surface area (Å²) >= 11 is 1.22. The van der Waals surface area contributed by atoms with Crippen molar-refractivity contribution in [2.75, 3.05) is 13.7 Å². The summed E-state index contributed by atoms with van der Waals surface area (Å²) in [6, 6.07) is 15.9. The SMILES string of the molecule is CCOc1cc(/C=N\N=C2\S/C(=C\c3ccccc3OC)C(=O)N2Cc2ccco2)ccc1O. The maximum absolute atomic E-state index is 13.2. The number of aromatic hydroxyl groups is 1. The molecule has 2 heterocycles. The van der Waals surface area contributed by atoms with Crippen LogP contribution in [-0.4, -0.2) is 41.0 Å². The topological polar surface area (TPSA) is 96.9 Å². The third-order valence-electron chi connectivity index (χ3n) is 4.84. The first-order chi connectivity index (χ1) is 16.6. The lowest BCUT2D eigenvalue weighted by atomic mass is 10.2. The van der Waals surface area contributed by atoms with Crippen LogP contribution < -0.4 is 9.47 Å². The fraction of sp³-hybridized carbons (Fsp3) is 0.160. The molecule has 34 heavy (non-hydrogen) atoms. The minimum Gasteiger partial charge on any atom is -0.504 e. The Morgan fingerprint density at radius 2 is 2.00 bits per heavy atom. The van der Waals surface area contributed by atoms with E-state index in [0.29, 0.717) is 39.5 Å². The van der Waals surface area contributed by atoms with Gasteiger partial charge in [0.2, 0.25) is 0 Å². The molecule has 0 unspecified atom stereocenters. The van der Waals surface area contributed by atoms with Crippen molar-refractivity contribution in [1.29, 1.82) is 0 Å². The molecule has 9 heteroatoms. The minimum atomic E-state index is -0.204. The Kier molecular flexibility index (Phi) is 7.34. The van der Waals surface area contributed by atoms with Crippen LogP contribution in [0.4, 0.5) is 0 Å². The molecule has 1 aliphatic heterocycles. The molecule has 1 amide bonds. The Morgan fingerprint density at radius 3 is 2.76 bits per heavy atom. The number of carbonyl (C=O) groups is 1. The Hall–Kier alpha value is -3.98. The summed E-state index contributed by atoms with van der Waals surface area (Å²) in [7, 11) is 1.59. The third-order valence-corrected chi connectivity index (χ3v) is 5.84. The first-order valence-corrected chi connectivity index (χ1v) is 11.3. The van der Waals surface area contributed by atoms with Gasteiger partial charge in [-0.15, -0.1) is 5.10 Å². The molecule has 0 aliphatic carbocycles. The zero-order chi connectivity index (χ0) is 23.9. The third kappa shape index (κ3) is 5.32. The molecule has 8 nitrogen and oxygen atoms in total. The summed E-state index contributed by atoms with van der Waals surface area (Å²) < 4.78 is 16.2. The normalized spacial score (nSPS) is 16.2. The zero-order valence-corrected chi connectivity index (χ0v) is 19.5. The molecule has 0 radical (unpaired) electrons. The van der Waals surface area contributed by atoms with Gasteiger partial charge in [-0.25, -0.2) is 0 Å². The van der Waals surface area contributed by atoms with Crippen LogP contribution in [0.1, 0.15) is 23.8 Å². The van der Waals surface area contributed by atoms with Gasteiger partial charge in [-0.3, -0.25) is 9.69 Å². The highest BCUT2D eigenvalue weighted by Crippen LogP contribution is 2.35. The van der Waals surface area contributed by atoms with Gasteiger partial charge < -0.3 is 19.0 Å². The highest BCUT2D eigenvalue weighted by atomic mass is 32.2. The molecular formula is C25H23N3O5S. The highest BCUT2D eigenvalue weighted by Gasteiger charge is 2.34. The maximum atomic E-state index is 13.2. The van der Waals surface area contributed by atoms with Crippen molar-refractivity contribution < 1.29 is 23.8 Å². The standard InChI is InChI=1S/C25H23N3O5S/c1-3-32-22-13-17(10-11-20(22)29)15-26-27-25-28(16-19-8-6-12-33-19)24(30)23(34-25)14-18-7-4-5-9-21(18)31-2/h4-15,29H,3,16H2,1-2H3/b23-14-,26-15-,27-25+. The molecule has 4 rings (SSSR count). The van der Waals surface area contributed by atoms with E-state index in [0.717, 1.165) is 5.56 Å². The zero-order valence-electron chi connectivity index (χ0n) is 18.7. The molecule has 1 N–H and O–H groups in total. The van der Waals surface area contributed by atoms with Gasteiger partial charge in [0.25, 0.3) is 5.91 Å². The molecule has 1 aliphatic rings. The average Bonchev–Trinajstić information content (AvgIpc) is 3.46. The number of phenols is 1. The maximum Gasteiger partial charge on any atom is 0.267 e. The first kappa shape index (κ1) is 23.2. The van der Waals surface area contributed by atoms with E-state index in [-0.39, 0.29) is 18.2 Å². The van der Waals surface area contributed by atoms with Crippen molar-refractivity contribution in [2.24, 2.45) is 10.2 Å². The lowest BCUT2D eigenvalue weighted by molar-refractivity contribution is -0.122. The summed E-state index contributed by atoms with van der Waals surface area (Å²) in [5.41, 5.74) is 1.48. The Balaban J connectivity index is 1.62.